The average molecular weight is 690 g/mol. The van der Waals surface area contributed by atoms with Gasteiger partial charge in [-0.05, 0) is 90.5 Å². The molecule has 1 heterocycles. The summed E-state index contributed by atoms with van der Waals surface area (Å²) in [5.41, 5.74) is 7.78. The second-order valence-electron chi connectivity index (χ2n) is 13.0. The molecule has 0 unspecified atom stereocenters. The van der Waals surface area contributed by atoms with Crippen molar-refractivity contribution < 1.29 is 18.0 Å². The van der Waals surface area contributed by atoms with Gasteiger partial charge in [0.05, 0.1) is 28.6 Å². The van der Waals surface area contributed by atoms with Gasteiger partial charge in [0.2, 0.25) is 5.91 Å². The number of aliphatic imine (C=N–C) groups is 1. The maximum Gasteiger partial charge on any atom is 0.416 e. The molecule has 262 valence electrons. The van der Waals surface area contributed by atoms with E-state index < -0.39 is 11.7 Å². The smallest absolute Gasteiger partial charge is 0.336 e. The third-order valence-electron chi connectivity index (χ3n) is 9.63. The molecule has 9 heteroatoms. The van der Waals surface area contributed by atoms with Gasteiger partial charge < -0.3 is 14.7 Å². The van der Waals surface area contributed by atoms with Crippen molar-refractivity contribution in [2.45, 2.75) is 52.3 Å². The Bertz CT molecular complexity index is 1950. The number of fused-ring (bicyclic) bond motifs is 1. The number of hydrogen-bond donors (Lipinski definition) is 0. The van der Waals surface area contributed by atoms with Gasteiger partial charge in [-0.25, -0.2) is 4.99 Å². The number of anilines is 1. The number of carbonyl (C=O) groups is 1. The van der Waals surface area contributed by atoms with Gasteiger partial charge in [-0.3, -0.25) is 4.79 Å². The van der Waals surface area contributed by atoms with E-state index in [0.717, 1.165) is 84.1 Å². The standard InChI is InChI=1S/C42H42F3N5O/c1-3-48(4-2)24-25-49(28-31-12-15-33(16-13-31)34-19-21-36(22-20-34)42(43,44)45)40(51)29-50-38-11-6-5-10-37(38)41(35-17-18-35)47-39(50)23-14-30-8-7-9-32(26-30)27-46/h5-13,15-16,19-22,26H,3-4,14,17-18,23-25,28-29H2,1-2H3. The minimum atomic E-state index is -4.38. The molecule has 0 aromatic heterocycles. The first-order chi connectivity index (χ1) is 24.7. The number of halogens is 3. The Labute approximate surface area is 298 Å². The van der Waals surface area contributed by atoms with E-state index in [4.69, 9.17) is 4.99 Å². The van der Waals surface area contributed by atoms with Gasteiger partial charge in [0.1, 0.15) is 12.4 Å². The molecule has 1 aliphatic carbocycles. The van der Waals surface area contributed by atoms with Crippen molar-refractivity contribution in [3.05, 3.63) is 130 Å². The monoisotopic (exact) mass is 689 g/mol. The van der Waals surface area contributed by atoms with Gasteiger partial charge in [0, 0.05) is 31.6 Å². The summed E-state index contributed by atoms with van der Waals surface area (Å²) in [6.07, 6.45) is -1.03. The number of allylic oxidation sites excluding steroid dienone is 1. The Hall–Kier alpha value is -5.20. The van der Waals surface area contributed by atoms with Crippen LogP contribution in [0.1, 0.15) is 60.9 Å². The molecule has 0 radical (unpaired) electrons. The van der Waals surface area contributed by atoms with Gasteiger partial charge in [-0.1, -0.05) is 80.6 Å². The molecule has 1 fully saturated rings. The van der Waals surface area contributed by atoms with Crippen molar-refractivity contribution in [2.24, 2.45) is 4.99 Å². The van der Waals surface area contributed by atoms with Crippen LogP contribution >= 0.6 is 0 Å². The van der Waals surface area contributed by atoms with Crippen molar-refractivity contribution in [1.29, 1.82) is 5.26 Å². The van der Waals surface area contributed by atoms with Gasteiger partial charge in [-0.15, -0.1) is 0 Å². The van der Waals surface area contributed by atoms with Crippen LogP contribution in [0.4, 0.5) is 18.9 Å². The molecule has 1 aliphatic heterocycles. The van der Waals surface area contributed by atoms with Crippen LogP contribution in [0.5, 0.6) is 0 Å². The molecular weight excluding hydrogens is 647 g/mol. The average Bonchev–Trinajstić information content (AvgIpc) is 4.00. The van der Waals surface area contributed by atoms with Crippen LogP contribution < -0.4 is 4.90 Å². The fraction of sp³-hybridized carbons (Fsp3) is 0.310. The number of amides is 1. The van der Waals surface area contributed by atoms with Gasteiger partial charge in [0.25, 0.3) is 0 Å². The molecule has 6 nitrogen and oxygen atoms in total. The molecule has 0 N–H and O–H groups in total. The van der Waals surface area contributed by atoms with E-state index in [-0.39, 0.29) is 12.5 Å². The van der Waals surface area contributed by atoms with Crippen molar-refractivity contribution >= 4 is 23.1 Å². The zero-order chi connectivity index (χ0) is 36.0. The second kappa shape index (κ2) is 15.8. The van der Waals surface area contributed by atoms with E-state index in [0.29, 0.717) is 37.1 Å². The molecule has 1 amide bonds. The van der Waals surface area contributed by atoms with Crippen molar-refractivity contribution in [3.8, 4) is 17.2 Å². The molecule has 0 saturated heterocycles. The number of nitrogens with zero attached hydrogens (tertiary/aromatic N) is 5. The predicted molar refractivity (Wildman–Crippen MR) is 197 cm³/mol. The number of rotatable bonds is 13. The number of aryl methyl sites for hydroxylation is 1. The minimum Gasteiger partial charge on any atom is -0.336 e. The van der Waals surface area contributed by atoms with E-state index in [9.17, 15) is 23.2 Å². The van der Waals surface area contributed by atoms with Crippen LogP contribution in [-0.2, 0) is 23.9 Å². The number of likely N-dealkylation sites (N-methyl/N-ethyl adjacent to an activating group) is 1. The highest BCUT2D eigenvalue weighted by Gasteiger charge is 2.32. The van der Waals surface area contributed by atoms with Crippen LogP contribution in [0.15, 0.2) is 108 Å². The highest BCUT2D eigenvalue weighted by molar-refractivity contribution is 6.09. The van der Waals surface area contributed by atoms with Gasteiger partial charge in [-0.2, -0.15) is 18.4 Å². The highest BCUT2D eigenvalue weighted by atomic mass is 19.4. The summed E-state index contributed by atoms with van der Waals surface area (Å²) in [4.78, 5) is 25.9. The fourth-order valence-corrected chi connectivity index (χ4v) is 6.49. The van der Waals surface area contributed by atoms with Gasteiger partial charge in [0.15, 0.2) is 0 Å². The topological polar surface area (TPSA) is 62.9 Å². The van der Waals surface area contributed by atoms with E-state index in [2.05, 4.69) is 41.8 Å². The molecule has 2 aliphatic rings. The Morgan fingerprint density at radius 2 is 1.53 bits per heavy atom. The minimum absolute atomic E-state index is 0.0227. The predicted octanol–water partition coefficient (Wildman–Crippen LogP) is 8.97. The third-order valence-corrected chi connectivity index (χ3v) is 9.63. The van der Waals surface area contributed by atoms with Crippen LogP contribution in [-0.4, -0.2) is 54.3 Å². The van der Waals surface area contributed by atoms with Crippen LogP contribution in [0.2, 0.25) is 0 Å². The van der Waals surface area contributed by atoms with Crippen molar-refractivity contribution in [1.82, 2.24) is 9.80 Å². The quantitative estimate of drug-likeness (QED) is 0.141. The van der Waals surface area contributed by atoms with E-state index in [1.54, 1.807) is 6.07 Å². The summed E-state index contributed by atoms with van der Waals surface area (Å²) in [5, 5.41) is 9.43. The number of nitriles is 1. The summed E-state index contributed by atoms with van der Waals surface area (Å²) in [6, 6.07) is 30.8. The summed E-state index contributed by atoms with van der Waals surface area (Å²) in [7, 11) is 0. The first-order valence-electron chi connectivity index (χ1n) is 17.6. The first-order valence-corrected chi connectivity index (χ1v) is 17.6. The first kappa shape index (κ1) is 35.6. The molecular formula is C42H42F3N5O. The van der Waals surface area contributed by atoms with E-state index >= 15 is 0 Å². The Morgan fingerprint density at radius 3 is 2.18 bits per heavy atom. The Balaban J connectivity index is 1.25. The lowest BCUT2D eigenvalue weighted by molar-refractivity contribution is -0.137. The lowest BCUT2D eigenvalue weighted by Gasteiger charge is -2.34. The lowest BCUT2D eigenvalue weighted by atomic mass is 10.0. The van der Waals surface area contributed by atoms with Crippen molar-refractivity contribution in [2.75, 3.05) is 37.6 Å². The van der Waals surface area contributed by atoms with Crippen molar-refractivity contribution in [3.63, 3.8) is 0 Å². The largest absolute Gasteiger partial charge is 0.416 e. The molecule has 1 saturated carbocycles. The van der Waals surface area contributed by atoms with Crippen LogP contribution in [0.25, 0.3) is 16.8 Å². The number of benzene rings is 4. The maximum absolute atomic E-state index is 14.4. The number of carbonyl (C=O) groups excluding carboxylic acids is 1. The van der Waals surface area contributed by atoms with Crippen LogP contribution in [0.3, 0.4) is 0 Å². The molecule has 0 spiro atoms. The number of amidine groups is 1. The summed E-state index contributed by atoms with van der Waals surface area (Å²) in [5.74, 6) is 0.814. The molecule has 0 bridgehead atoms. The summed E-state index contributed by atoms with van der Waals surface area (Å²) >= 11 is 0. The highest BCUT2D eigenvalue weighted by Crippen LogP contribution is 2.43. The number of para-hydroxylation sites is 1. The van der Waals surface area contributed by atoms with E-state index in [1.165, 1.54) is 17.7 Å². The van der Waals surface area contributed by atoms with Crippen LogP contribution in [0, 0.1) is 11.3 Å². The molecule has 6 rings (SSSR count). The normalized spacial score (nSPS) is 13.9. The fourth-order valence-electron chi connectivity index (χ4n) is 6.49. The molecule has 4 aromatic rings. The van der Waals surface area contributed by atoms with E-state index in [1.807, 2.05) is 59.5 Å². The third kappa shape index (κ3) is 8.76. The molecule has 51 heavy (non-hydrogen) atoms. The SMILES string of the molecule is CCN(CC)CCN(Cc1ccc(-c2ccc(C(F)(F)F)cc2)cc1)C(=O)CN1C(CCc2cccc(C#N)c2)=NC(=C2CC2)c2ccccc21. The lowest BCUT2D eigenvalue weighted by Crippen LogP contribution is -2.46. The number of alkyl halides is 3. The second-order valence-corrected chi connectivity index (χ2v) is 13.0. The van der Waals surface area contributed by atoms with Gasteiger partial charge >= 0.3 is 6.18 Å². The molecule has 4 aromatic carbocycles. The Kier molecular flexibility index (Phi) is 11.0. The Morgan fingerprint density at radius 1 is 0.843 bits per heavy atom. The number of hydrogen-bond acceptors (Lipinski definition) is 5. The summed E-state index contributed by atoms with van der Waals surface area (Å²) in [6.45, 7) is 7.76. The zero-order valence-electron chi connectivity index (χ0n) is 29.1. The summed E-state index contributed by atoms with van der Waals surface area (Å²) < 4.78 is 39.3. The maximum atomic E-state index is 14.4. The zero-order valence-corrected chi connectivity index (χ0v) is 29.1. The molecule has 0 atom stereocenters.